The topological polar surface area (TPSA) is 72.8 Å². The van der Waals surface area contributed by atoms with Crippen LogP contribution in [0.2, 0.25) is 0 Å². The van der Waals surface area contributed by atoms with Crippen LogP contribution < -0.4 is 0 Å². The molecule has 0 bridgehead atoms. The number of unbranched alkanes of at least 4 members (excludes halogenated alkanes) is 17. The van der Waals surface area contributed by atoms with Crippen LogP contribution in [-0.4, -0.2) is 36.4 Å². The number of carbonyl (C=O) groups excluding carboxylic acids is 2. The smallest absolute Gasteiger partial charge is 0.305 e. The molecule has 214 valence electrons. The van der Waals surface area contributed by atoms with Gasteiger partial charge in [0.15, 0.2) is 0 Å². The number of aliphatic hydroxyl groups is 1. The minimum atomic E-state index is -0.953. The summed E-state index contributed by atoms with van der Waals surface area (Å²) >= 11 is 0. The maximum absolute atomic E-state index is 11.8. The number of hydrogen-bond donors (Lipinski definition) is 1. The van der Waals surface area contributed by atoms with Crippen LogP contribution in [0.25, 0.3) is 0 Å². The predicted octanol–water partition coefficient (Wildman–Crippen LogP) is 8.69. The molecule has 1 atom stereocenters. The minimum Gasteiger partial charge on any atom is -0.463 e. The lowest BCUT2D eigenvalue weighted by Crippen LogP contribution is -2.25. The van der Waals surface area contributed by atoms with Crippen molar-refractivity contribution in [2.45, 2.75) is 168 Å². The average molecular weight is 513 g/mol. The number of esters is 2. The molecular weight excluding hydrogens is 452 g/mol. The standard InChI is InChI=1S/C31H60O5/c1-4-5-6-7-8-9-10-11-12-13-14-18-21-24-30(33)35-26-29(32)27-36-31(34)25-22-19-16-15-17-20-23-28(2)3/h28-29,32H,4-27H2,1-3H3/t29-/m0/s1. The number of carbonyl (C=O) groups is 2. The van der Waals surface area contributed by atoms with E-state index in [0.29, 0.717) is 12.8 Å². The van der Waals surface area contributed by atoms with E-state index < -0.39 is 6.10 Å². The second kappa shape index (κ2) is 26.9. The zero-order chi connectivity index (χ0) is 26.7. The van der Waals surface area contributed by atoms with Crippen LogP contribution in [0.1, 0.15) is 162 Å². The molecule has 36 heavy (non-hydrogen) atoms. The summed E-state index contributed by atoms with van der Waals surface area (Å²) in [5, 5.41) is 9.91. The highest BCUT2D eigenvalue weighted by atomic mass is 16.6. The van der Waals surface area contributed by atoms with E-state index in [4.69, 9.17) is 9.47 Å². The second-order valence-corrected chi connectivity index (χ2v) is 11.1. The monoisotopic (exact) mass is 512 g/mol. The van der Waals surface area contributed by atoms with Gasteiger partial charge < -0.3 is 14.6 Å². The normalized spacial score (nSPS) is 12.1. The van der Waals surface area contributed by atoms with E-state index in [9.17, 15) is 14.7 Å². The van der Waals surface area contributed by atoms with Crippen molar-refractivity contribution in [1.82, 2.24) is 0 Å². The highest BCUT2D eigenvalue weighted by Gasteiger charge is 2.12. The minimum absolute atomic E-state index is 0.110. The number of rotatable bonds is 27. The fraction of sp³-hybridized carbons (Fsp3) is 0.935. The average Bonchev–Trinajstić information content (AvgIpc) is 2.85. The van der Waals surface area contributed by atoms with Crippen molar-refractivity contribution in [1.29, 1.82) is 0 Å². The Bertz CT molecular complexity index is 491. The van der Waals surface area contributed by atoms with Gasteiger partial charge in [0.1, 0.15) is 19.3 Å². The molecule has 0 amide bonds. The first-order chi connectivity index (χ1) is 17.5. The first kappa shape index (κ1) is 34.9. The Labute approximate surface area is 223 Å². The Morgan fingerprint density at radius 1 is 0.556 bits per heavy atom. The summed E-state index contributed by atoms with van der Waals surface area (Å²) in [6.45, 7) is 6.55. The van der Waals surface area contributed by atoms with Crippen LogP contribution in [0.4, 0.5) is 0 Å². The molecule has 0 saturated heterocycles. The van der Waals surface area contributed by atoms with Crippen LogP contribution >= 0.6 is 0 Å². The van der Waals surface area contributed by atoms with E-state index in [-0.39, 0.29) is 25.2 Å². The van der Waals surface area contributed by atoms with E-state index >= 15 is 0 Å². The summed E-state index contributed by atoms with van der Waals surface area (Å²) in [7, 11) is 0. The first-order valence-corrected chi connectivity index (χ1v) is 15.4. The quantitative estimate of drug-likeness (QED) is 0.0880. The number of aliphatic hydroxyl groups excluding tert-OH is 1. The summed E-state index contributed by atoms with van der Waals surface area (Å²) in [4.78, 5) is 23.7. The van der Waals surface area contributed by atoms with Gasteiger partial charge in [0.05, 0.1) is 0 Å². The van der Waals surface area contributed by atoms with E-state index in [1.807, 2.05) is 0 Å². The molecule has 0 aliphatic rings. The summed E-state index contributed by atoms with van der Waals surface area (Å²) in [6.07, 6.45) is 24.4. The molecule has 0 aromatic heterocycles. The van der Waals surface area contributed by atoms with Gasteiger partial charge in [-0.1, -0.05) is 136 Å². The highest BCUT2D eigenvalue weighted by Crippen LogP contribution is 2.14. The maximum Gasteiger partial charge on any atom is 0.305 e. The molecule has 0 aromatic rings. The van der Waals surface area contributed by atoms with Crippen molar-refractivity contribution in [3.63, 3.8) is 0 Å². The van der Waals surface area contributed by atoms with Gasteiger partial charge in [-0.05, 0) is 18.8 Å². The zero-order valence-electron chi connectivity index (χ0n) is 24.2. The van der Waals surface area contributed by atoms with Gasteiger partial charge >= 0.3 is 11.9 Å². The van der Waals surface area contributed by atoms with Crippen molar-refractivity contribution in [2.24, 2.45) is 5.92 Å². The summed E-state index contributed by atoms with van der Waals surface area (Å²) < 4.78 is 10.2. The fourth-order valence-electron chi connectivity index (χ4n) is 4.39. The van der Waals surface area contributed by atoms with Crippen molar-refractivity contribution >= 4 is 11.9 Å². The third-order valence-corrected chi connectivity index (χ3v) is 6.77. The lowest BCUT2D eigenvalue weighted by molar-refractivity contribution is -0.152. The van der Waals surface area contributed by atoms with E-state index in [2.05, 4.69) is 20.8 Å². The lowest BCUT2D eigenvalue weighted by atomic mass is 10.0. The van der Waals surface area contributed by atoms with Gasteiger partial charge in [0, 0.05) is 12.8 Å². The van der Waals surface area contributed by atoms with Gasteiger partial charge in [-0.15, -0.1) is 0 Å². The van der Waals surface area contributed by atoms with Crippen molar-refractivity contribution in [3.05, 3.63) is 0 Å². The molecule has 1 N–H and O–H groups in total. The van der Waals surface area contributed by atoms with E-state index in [0.717, 1.165) is 38.0 Å². The molecule has 0 unspecified atom stereocenters. The van der Waals surface area contributed by atoms with Gasteiger partial charge in [-0.2, -0.15) is 0 Å². The van der Waals surface area contributed by atoms with Crippen molar-refractivity contribution in [2.75, 3.05) is 13.2 Å². The summed E-state index contributed by atoms with van der Waals surface area (Å²) in [6, 6.07) is 0. The highest BCUT2D eigenvalue weighted by molar-refractivity contribution is 5.69. The molecule has 5 heteroatoms. The van der Waals surface area contributed by atoms with Crippen LogP contribution in [-0.2, 0) is 19.1 Å². The Kier molecular flexibility index (Phi) is 26.1. The number of hydrogen-bond acceptors (Lipinski definition) is 5. The predicted molar refractivity (Wildman–Crippen MR) is 150 cm³/mol. The molecule has 0 radical (unpaired) electrons. The zero-order valence-corrected chi connectivity index (χ0v) is 24.2. The molecule has 5 nitrogen and oxygen atoms in total. The van der Waals surface area contributed by atoms with E-state index in [1.54, 1.807) is 0 Å². The lowest BCUT2D eigenvalue weighted by Gasteiger charge is -2.12. The molecule has 0 fully saturated rings. The Morgan fingerprint density at radius 2 is 0.889 bits per heavy atom. The fourth-order valence-corrected chi connectivity index (χ4v) is 4.39. The molecule has 0 aromatic carbocycles. The second-order valence-electron chi connectivity index (χ2n) is 11.1. The molecule has 0 rings (SSSR count). The van der Waals surface area contributed by atoms with E-state index in [1.165, 1.54) is 96.3 Å². The molecular formula is C31H60O5. The number of ether oxygens (including phenoxy) is 2. The maximum atomic E-state index is 11.8. The molecule has 0 saturated carbocycles. The van der Waals surface area contributed by atoms with Gasteiger partial charge in [0.2, 0.25) is 0 Å². The van der Waals surface area contributed by atoms with Crippen LogP contribution in [0, 0.1) is 5.92 Å². The molecule has 0 heterocycles. The van der Waals surface area contributed by atoms with Crippen LogP contribution in [0.5, 0.6) is 0 Å². The van der Waals surface area contributed by atoms with Gasteiger partial charge in [-0.3, -0.25) is 9.59 Å². The third kappa shape index (κ3) is 27.5. The van der Waals surface area contributed by atoms with Crippen molar-refractivity contribution in [3.8, 4) is 0 Å². The van der Waals surface area contributed by atoms with Crippen LogP contribution in [0.3, 0.4) is 0 Å². The SMILES string of the molecule is CCCCCCCCCCCCCCCC(=O)OC[C@H](O)COC(=O)CCCCCCCCC(C)C. The molecule has 0 spiro atoms. The first-order valence-electron chi connectivity index (χ1n) is 15.4. The van der Waals surface area contributed by atoms with Crippen molar-refractivity contribution < 1.29 is 24.2 Å². The Hall–Kier alpha value is -1.10. The summed E-state index contributed by atoms with van der Waals surface area (Å²) in [5.41, 5.74) is 0. The third-order valence-electron chi connectivity index (χ3n) is 6.77. The van der Waals surface area contributed by atoms with Crippen LogP contribution in [0.15, 0.2) is 0 Å². The Morgan fingerprint density at radius 3 is 1.25 bits per heavy atom. The van der Waals surface area contributed by atoms with Gasteiger partial charge in [0.25, 0.3) is 0 Å². The Balaban J connectivity index is 3.42. The van der Waals surface area contributed by atoms with Gasteiger partial charge in [-0.25, -0.2) is 0 Å². The molecule has 0 aliphatic carbocycles. The molecule has 0 aliphatic heterocycles. The summed E-state index contributed by atoms with van der Waals surface area (Å²) in [5.74, 6) is 0.215. The largest absolute Gasteiger partial charge is 0.463 e.